The fourth-order valence-corrected chi connectivity index (χ4v) is 5.36. The van der Waals surface area contributed by atoms with Crippen LogP contribution in [-0.2, 0) is 6.54 Å². The Morgan fingerprint density at radius 1 is 1.21 bits per heavy atom. The van der Waals surface area contributed by atoms with Gasteiger partial charge in [-0.15, -0.1) is 5.10 Å². The number of amides is 1. The maximum atomic E-state index is 13.2. The molecule has 1 aliphatic carbocycles. The molecule has 194 valence electrons. The number of anilines is 2. The number of nitrogen functional groups attached to an aromatic ring is 1. The number of carbonyl (C=O) groups excluding carboxylic acids is 1. The zero-order valence-corrected chi connectivity index (χ0v) is 21.0. The number of hydrogen-bond acceptors (Lipinski definition) is 7. The first kappa shape index (κ1) is 23.9. The van der Waals surface area contributed by atoms with Gasteiger partial charge in [0.15, 0.2) is 17.7 Å². The Bertz CT molecular complexity index is 1610. The Hall–Kier alpha value is -4.44. The predicted molar refractivity (Wildman–Crippen MR) is 142 cm³/mol. The number of carbonyl (C=O) groups is 2. The van der Waals surface area contributed by atoms with Crippen molar-refractivity contribution in [3.05, 3.63) is 76.5 Å². The quantitative estimate of drug-likeness (QED) is 0.273. The molecule has 0 bridgehead atoms. The van der Waals surface area contributed by atoms with E-state index in [4.69, 9.17) is 10.7 Å². The molecule has 2 atom stereocenters. The van der Waals surface area contributed by atoms with Crippen molar-refractivity contribution in [2.75, 3.05) is 11.1 Å². The van der Waals surface area contributed by atoms with Gasteiger partial charge in [-0.05, 0) is 80.1 Å². The maximum absolute atomic E-state index is 13.2. The number of aryl methyl sites for hydroxylation is 1. The van der Waals surface area contributed by atoms with Crippen LogP contribution in [0.15, 0.2) is 48.7 Å². The summed E-state index contributed by atoms with van der Waals surface area (Å²) in [5, 5.41) is 27.4. The minimum Gasteiger partial charge on any atom is -0.478 e. The molecule has 5 N–H and O–H groups in total. The van der Waals surface area contributed by atoms with Gasteiger partial charge in [-0.25, -0.2) is 14.3 Å². The van der Waals surface area contributed by atoms with Gasteiger partial charge in [0.05, 0.1) is 16.8 Å². The van der Waals surface area contributed by atoms with E-state index in [0.29, 0.717) is 29.5 Å². The third-order valence-corrected chi connectivity index (χ3v) is 7.56. The second-order valence-corrected chi connectivity index (χ2v) is 10.2. The average molecular weight is 513 g/mol. The first-order chi connectivity index (χ1) is 18.2. The van der Waals surface area contributed by atoms with Crippen molar-refractivity contribution in [2.24, 2.45) is 5.92 Å². The molecule has 2 aliphatic rings. The fourth-order valence-electron chi connectivity index (χ4n) is 5.36. The molecule has 2 aromatic carbocycles. The summed E-state index contributed by atoms with van der Waals surface area (Å²) in [6.45, 7) is 4.67. The molecular formula is C28H28N6O4. The van der Waals surface area contributed by atoms with Crippen LogP contribution in [-0.4, -0.2) is 47.6 Å². The molecule has 1 amide bonds. The average Bonchev–Trinajstić information content (AvgIpc) is 3.60. The van der Waals surface area contributed by atoms with Crippen molar-refractivity contribution in [1.29, 1.82) is 0 Å². The standard InChI is InChI=1S/C28H28N6O4/c1-14-10-18(11-19-13-33(27(36)22(14)19)15(2)16-6-7-16)21-8-9-34-25(31-21)23(24(29)32-34)26(35)30-20-5-3-4-17(12-20)28(37)38/h3-5,8-12,15-16,26,30,35H,6-7,13H2,1-2H3,(H2,29,32)(H,37,38)/t15-,26?/m0/s1. The lowest BCUT2D eigenvalue weighted by molar-refractivity contribution is 0.0688. The monoisotopic (exact) mass is 512 g/mol. The highest BCUT2D eigenvalue weighted by Crippen LogP contribution is 2.40. The smallest absolute Gasteiger partial charge is 0.335 e. The van der Waals surface area contributed by atoms with Gasteiger partial charge in [0.25, 0.3) is 5.91 Å². The number of aliphatic hydroxyl groups is 1. The van der Waals surface area contributed by atoms with Crippen molar-refractivity contribution in [3.63, 3.8) is 0 Å². The largest absolute Gasteiger partial charge is 0.478 e. The van der Waals surface area contributed by atoms with E-state index in [1.165, 1.54) is 29.5 Å². The van der Waals surface area contributed by atoms with Gasteiger partial charge in [0.1, 0.15) is 0 Å². The molecule has 4 aromatic rings. The van der Waals surface area contributed by atoms with E-state index in [0.717, 1.165) is 22.3 Å². The van der Waals surface area contributed by atoms with Crippen molar-refractivity contribution in [2.45, 2.75) is 45.5 Å². The lowest BCUT2D eigenvalue weighted by atomic mass is 9.98. The molecule has 10 heteroatoms. The van der Waals surface area contributed by atoms with Crippen molar-refractivity contribution in [1.82, 2.24) is 19.5 Å². The number of hydrogen-bond donors (Lipinski definition) is 4. The van der Waals surface area contributed by atoms with Crippen LogP contribution in [0.2, 0.25) is 0 Å². The van der Waals surface area contributed by atoms with Crippen LogP contribution in [0.1, 0.15) is 63.4 Å². The Morgan fingerprint density at radius 2 is 2.00 bits per heavy atom. The molecule has 6 rings (SSSR count). The summed E-state index contributed by atoms with van der Waals surface area (Å²) < 4.78 is 1.50. The third kappa shape index (κ3) is 4.03. The summed E-state index contributed by atoms with van der Waals surface area (Å²) in [6, 6.07) is 12.2. The van der Waals surface area contributed by atoms with E-state index in [1.807, 2.05) is 30.0 Å². The SMILES string of the molecule is Cc1cc(-c2ccn3nc(N)c(C(O)Nc4cccc(C(=O)O)c4)c3n2)cc2c1C(=O)N([C@@H](C)C1CC1)C2. The molecule has 0 radical (unpaired) electrons. The Morgan fingerprint density at radius 3 is 2.74 bits per heavy atom. The highest BCUT2D eigenvalue weighted by molar-refractivity contribution is 6.00. The number of fused-ring (bicyclic) bond motifs is 2. The summed E-state index contributed by atoms with van der Waals surface area (Å²) >= 11 is 0. The second kappa shape index (κ2) is 8.84. The van der Waals surface area contributed by atoms with Gasteiger partial charge in [-0.2, -0.15) is 0 Å². The van der Waals surface area contributed by atoms with Crippen LogP contribution >= 0.6 is 0 Å². The summed E-state index contributed by atoms with van der Waals surface area (Å²) in [5.74, 6) is -0.278. The number of nitrogens with two attached hydrogens (primary N) is 1. The molecule has 1 saturated carbocycles. The topological polar surface area (TPSA) is 146 Å². The fraction of sp³-hybridized carbons (Fsp3) is 0.286. The van der Waals surface area contributed by atoms with Crippen LogP contribution in [0, 0.1) is 12.8 Å². The molecule has 1 unspecified atom stereocenters. The summed E-state index contributed by atoms with van der Waals surface area (Å²) in [4.78, 5) is 31.2. The lowest BCUT2D eigenvalue weighted by Crippen LogP contribution is -2.34. The van der Waals surface area contributed by atoms with Gasteiger partial charge in [0.2, 0.25) is 0 Å². The molecule has 1 fully saturated rings. The van der Waals surface area contributed by atoms with Gasteiger partial charge in [-0.3, -0.25) is 4.79 Å². The van der Waals surface area contributed by atoms with E-state index >= 15 is 0 Å². The lowest BCUT2D eigenvalue weighted by Gasteiger charge is -2.24. The number of benzene rings is 2. The van der Waals surface area contributed by atoms with E-state index in [2.05, 4.69) is 17.3 Å². The van der Waals surface area contributed by atoms with Crippen LogP contribution in [0.3, 0.4) is 0 Å². The number of nitrogens with zero attached hydrogens (tertiary/aromatic N) is 4. The number of aliphatic hydroxyl groups excluding tert-OH is 1. The van der Waals surface area contributed by atoms with Crippen LogP contribution in [0.4, 0.5) is 11.5 Å². The van der Waals surface area contributed by atoms with Crippen molar-refractivity contribution in [3.8, 4) is 11.3 Å². The molecule has 0 spiro atoms. The van der Waals surface area contributed by atoms with Gasteiger partial charge < -0.3 is 26.2 Å². The summed E-state index contributed by atoms with van der Waals surface area (Å²) in [5.41, 5.74) is 11.5. The zero-order valence-electron chi connectivity index (χ0n) is 21.0. The highest BCUT2D eigenvalue weighted by atomic mass is 16.4. The normalized spacial score (nSPS) is 16.5. The summed E-state index contributed by atoms with van der Waals surface area (Å²) in [7, 11) is 0. The maximum Gasteiger partial charge on any atom is 0.335 e. The van der Waals surface area contributed by atoms with E-state index in [-0.39, 0.29) is 28.9 Å². The second-order valence-electron chi connectivity index (χ2n) is 10.2. The molecule has 3 heterocycles. The molecule has 0 saturated heterocycles. The van der Waals surface area contributed by atoms with Gasteiger partial charge >= 0.3 is 5.97 Å². The number of aromatic carboxylic acids is 1. The summed E-state index contributed by atoms with van der Waals surface area (Å²) in [6.07, 6.45) is 2.80. The predicted octanol–water partition coefficient (Wildman–Crippen LogP) is 3.84. The minimum absolute atomic E-state index is 0.0889. The minimum atomic E-state index is -1.28. The molecule has 1 aliphatic heterocycles. The van der Waals surface area contributed by atoms with E-state index < -0.39 is 12.2 Å². The highest BCUT2D eigenvalue weighted by Gasteiger charge is 2.39. The number of nitrogens with one attached hydrogen (secondary N) is 1. The Balaban J connectivity index is 1.34. The molecule has 2 aromatic heterocycles. The molecular weight excluding hydrogens is 484 g/mol. The van der Waals surface area contributed by atoms with Crippen molar-refractivity contribution >= 4 is 29.0 Å². The Labute approximate surface area is 218 Å². The third-order valence-electron chi connectivity index (χ3n) is 7.56. The van der Waals surface area contributed by atoms with E-state index in [9.17, 15) is 19.8 Å². The van der Waals surface area contributed by atoms with E-state index in [1.54, 1.807) is 18.3 Å². The number of carboxylic acid groups (broad SMARTS) is 1. The number of carboxylic acids is 1. The first-order valence-electron chi connectivity index (χ1n) is 12.6. The van der Waals surface area contributed by atoms with Gasteiger partial charge in [0, 0.05) is 35.6 Å². The molecule has 38 heavy (non-hydrogen) atoms. The zero-order chi connectivity index (χ0) is 26.7. The van der Waals surface area contributed by atoms with Gasteiger partial charge in [-0.1, -0.05) is 6.07 Å². The number of rotatable bonds is 7. The molecule has 10 nitrogen and oxygen atoms in total. The van der Waals surface area contributed by atoms with Crippen LogP contribution in [0.25, 0.3) is 16.9 Å². The first-order valence-corrected chi connectivity index (χ1v) is 12.6. The van der Waals surface area contributed by atoms with Crippen molar-refractivity contribution < 1.29 is 19.8 Å². The van der Waals surface area contributed by atoms with Crippen LogP contribution < -0.4 is 11.1 Å². The Kier molecular flexibility index (Phi) is 5.57. The van der Waals surface area contributed by atoms with Crippen LogP contribution in [0.5, 0.6) is 0 Å². The number of aromatic nitrogens is 3.